The molecule has 0 aliphatic carbocycles. The summed E-state index contributed by atoms with van der Waals surface area (Å²) in [6, 6.07) is 15.9. The molecule has 0 atom stereocenters. The van der Waals surface area contributed by atoms with E-state index in [1.807, 2.05) is 0 Å². The summed E-state index contributed by atoms with van der Waals surface area (Å²) in [4.78, 5) is 12.9. The highest BCUT2D eigenvalue weighted by molar-refractivity contribution is 7.93. The maximum absolute atomic E-state index is 13.7. The molecule has 0 fully saturated rings. The van der Waals surface area contributed by atoms with E-state index in [0.717, 1.165) is 4.31 Å². The number of nitrogens with one attached hydrogen (secondary N) is 1. The molecule has 33 heavy (non-hydrogen) atoms. The predicted octanol–water partition coefficient (Wildman–Crippen LogP) is 5.15. The van der Waals surface area contributed by atoms with Crippen molar-refractivity contribution >= 4 is 50.5 Å². The van der Waals surface area contributed by atoms with Crippen LogP contribution in [0.1, 0.15) is 5.56 Å². The Kier molecular flexibility index (Phi) is 7.73. The summed E-state index contributed by atoms with van der Waals surface area (Å²) in [6.07, 6.45) is 0. The van der Waals surface area contributed by atoms with Gasteiger partial charge in [0, 0.05) is 0 Å². The second-order valence-electron chi connectivity index (χ2n) is 7.01. The average Bonchev–Trinajstić information content (AvgIpc) is 2.79. The van der Waals surface area contributed by atoms with E-state index in [4.69, 9.17) is 32.7 Å². The zero-order valence-corrected chi connectivity index (χ0v) is 20.5. The van der Waals surface area contributed by atoms with Crippen molar-refractivity contribution in [1.82, 2.24) is 0 Å². The minimum absolute atomic E-state index is 0.0823. The van der Waals surface area contributed by atoms with Gasteiger partial charge in [0.1, 0.15) is 22.9 Å². The molecular weight excluding hydrogens is 487 g/mol. The Hall–Kier alpha value is -2.94. The molecule has 3 aromatic rings. The molecule has 0 aliphatic rings. The molecule has 0 saturated carbocycles. The second-order valence-corrected chi connectivity index (χ2v) is 9.66. The van der Waals surface area contributed by atoms with Gasteiger partial charge in [-0.3, -0.25) is 9.10 Å². The first kappa shape index (κ1) is 24.7. The first-order valence-electron chi connectivity index (χ1n) is 9.72. The third kappa shape index (κ3) is 5.52. The first-order valence-corrected chi connectivity index (χ1v) is 11.9. The van der Waals surface area contributed by atoms with Gasteiger partial charge in [-0.15, -0.1) is 0 Å². The molecule has 0 saturated heterocycles. The van der Waals surface area contributed by atoms with Gasteiger partial charge < -0.3 is 14.8 Å². The highest BCUT2D eigenvalue weighted by Crippen LogP contribution is 2.34. The number of halogens is 2. The topological polar surface area (TPSA) is 84.9 Å². The lowest BCUT2D eigenvalue weighted by molar-refractivity contribution is -0.114. The monoisotopic (exact) mass is 508 g/mol. The minimum atomic E-state index is -4.24. The molecule has 0 bridgehead atoms. The van der Waals surface area contributed by atoms with E-state index < -0.39 is 22.5 Å². The largest absolute Gasteiger partial charge is 0.495 e. The van der Waals surface area contributed by atoms with Gasteiger partial charge in [-0.25, -0.2) is 8.42 Å². The van der Waals surface area contributed by atoms with E-state index in [1.54, 1.807) is 43.3 Å². The summed E-state index contributed by atoms with van der Waals surface area (Å²) in [5.74, 6) is 0.00622. The van der Waals surface area contributed by atoms with Gasteiger partial charge in [0.25, 0.3) is 10.0 Å². The standard InChI is InChI=1S/C23H22Cl2N2O5S/c1-15-8-11-21(32-3)22(12-15)33(29,30)27(16-9-10-17(24)18(25)13-16)14-23(28)26-19-6-4-5-7-20(19)31-2/h4-13H,14H2,1-3H3,(H,26,28). The fraction of sp³-hybridized carbons (Fsp3) is 0.174. The highest BCUT2D eigenvalue weighted by atomic mass is 35.5. The smallest absolute Gasteiger partial charge is 0.268 e. The maximum atomic E-state index is 13.7. The molecule has 1 N–H and O–H groups in total. The number of hydrogen-bond donors (Lipinski definition) is 1. The normalized spacial score (nSPS) is 11.1. The number of methoxy groups -OCH3 is 2. The Labute approximate surface area is 202 Å². The van der Waals surface area contributed by atoms with Crippen molar-refractivity contribution < 1.29 is 22.7 Å². The molecule has 174 valence electrons. The molecular formula is C23H22Cl2N2O5S. The van der Waals surface area contributed by atoms with Gasteiger partial charge in [-0.2, -0.15) is 0 Å². The van der Waals surface area contributed by atoms with Gasteiger partial charge in [-0.05, 0) is 55.0 Å². The summed E-state index contributed by atoms with van der Waals surface area (Å²) >= 11 is 12.2. The fourth-order valence-corrected chi connectivity index (χ4v) is 5.08. The van der Waals surface area contributed by atoms with Crippen molar-refractivity contribution in [2.45, 2.75) is 11.8 Å². The quantitative estimate of drug-likeness (QED) is 0.454. The van der Waals surface area contributed by atoms with Gasteiger partial charge in [0.15, 0.2) is 0 Å². The minimum Gasteiger partial charge on any atom is -0.495 e. The third-order valence-corrected chi connectivity index (χ3v) is 7.28. The molecule has 10 heteroatoms. The number of sulfonamides is 1. The van der Waals surface area contributed by atoms with Gasteiger partial charge in [-0.1, -0.05) is 41.4 Å². The predicted molar refractivity (Wildman–Crippen MR) is 130 cm³/mol. The molecule has 0 aromatic heterocycles. The lowest BCUT2D eigenvalue weighted by Gasteiger charge is -2.25. The van der Waals surface area contributed by atoms with Crippen LogP contribution in [0.3, 0.4) is 0 Å². The zero-order chi connectivity index (χ0) is 24.2. The lowest BCUT2D eigenvalue weighted by Crippen LogP contribution is -2.38. The van der Waals surface area contributed by atoms with Crippen molar-refractivity contribution in [3.05, 3.63) is 76.3 Å². The number of carbonyl (C=O) groups is 1. The van der Waals surface area contributed by atoms with Crippen LogP contribution in [0.5, 0.6) is 11.5 Å². The third-order valence-electron chi connectivity index (χ3n) is 4.75. The number of nitrogens with zero attached hydrogens (tertiary/aromatic N) is 1. The van der Waals surface area contributed by atoms with E-state index in [0.29, 0.717) is 17.0 Å². The number of para-hydroxylation sites is 2. The average molecular weight is 509 g/mol. The number of ether oxygens (including phenoxy) is 2. The van der Waals surface area contributed by atoms with Crippen LogP contribution >= 0.6 is 23.2 Å². The van der Waals surface area contributed by atoms with Crippen LogP contribution in [0.25, 0.3) is 0 Å². The number of carbonyl (C=O) groups excluding carboxylic acids is 1. The Morgan fingerprint density at radius 1 is 0.939 bits per heavy atom. The molecule has 0 heterocycles. The van der Waals surface area contributed by atoms with Crippen LogP contribution < -0.4 is 19.1 Å². The van der Waals surface area contributed by atoms with E-state index in [2.05, 4.69) is 5.32 Å². The van der Waals surface area contributed by atoms with Crippen LogP contribution in [0.15, 0.2) is 65.6 Å². The first-order chi connectivity index (χ1) is 15.7. The van der Waals surface area contributed by atoms with Crippen molar-refractivity contribution in [2.24, 2.45) is 0 Å². The Bertz CT molecular complexity index is 1280. The molecule has 0 aliphatic heterocycles. The summed E-state index contributed by atoms with van der Waals surface area (Å²) in [5, 5.41) is 3.09. The molecule has 1 amide bonds. The number of rotatable bonds is 8. The Morgan fingerprint density at radius 3 is 2.30 bits per heavy atom. The molecule has 0 spiro atoms. The van der Waals surface area contributed by atoms with Crippen molar-refractivity contribution in [3.8, 4) is 11.5 Å². The van der Waals surface area contributed by atoms with Crippen LogP contribution in [0.2, 0.25) is 10.0 Å². The molecule has 0 unspecified atom stereocenters. The van der Waals surface area contributed by atoms with Crippen LogP contribution in [0, 0.1) is 6.92 Å². The summed E-state index contributed by atoms with van der Waals surface area (Å²) in [6.45, 7) is 1.23. The van der Waals surface area contributed by atoms with E-state index in [9.17, 15) is 13.2 Å². The van der Waals surface area contributed by atoms with Gasteiger partial charge in [0.05, 0.1) is 35.6 Å². The zero-order valence-electron chi connectivity index (χ0n) is 18.1. The molecule has 7 nitrogen and oxygen atoms in total. The van der Waals surface area contributed by atoms with Crippen LogP contribution in [-0.4, -0.2) is 35.1 Å². The summed E-state index contributed by atoms with van der Waals surface area (Å²) in [5.41, 5.74) is 1.29. The number of aryl methyl sites for hydroxylation is 1. The Morgan fingerprint density at radius 2 is 1.64 bits per heavy atom. The van der Waals surface area contributed by atoms with Crippen molar-refractivity contribution in [2.75, 3.05) is 30.4 Å². The summed E-state index contributed by atoms with van der Waals surface area (Å²) < 4.78 is 39.0. The van der Waals surface area contributed by atoms with Crippen LogP contribution in [0.4, 0.5) is 11.4 Å². The molecule has 3 aromatic carbocycles. The maximum Gasteiger partial charge on any atom is 0.268 e. The second kappa shape index (κ2) is 10.3. The molecule has 0 radical (unpaired) electrons. The van der Waals surface area contributed by atoms with Gasteiger partial charge >= 0.3 is 0 Å². The lowest BCUT2D eigenvalue weighted by atomic mass is 10.2. The highest BCUT2D eigenvalue weighted by Gasteiger charge is 2.31. The SMILES string of the molecule is COc1ccccc1NC(=O)CN(c1ccc(Cl)c(Cl)c1)S(=O)(=O)c1cc(C)ccc1OC. The van der Waals surface area contributed by atoms with E-state index in [-0.39, 0.29) is 26.4 Å². The van der Waals surface area contributed by atoms with E-state index >= 15 is 0 Å². The molecule has 3 rings (SSSR count). The van der Waals surface area contributed by atoms with E-state index in [1.165, 1.54) is 38.5 Å². The number of amides is 1. The van der Waals surface area contributed by atoms with Crippen molar-refractivity contribution in [1.29, 1.82) is 0 Å². The fourth-order valence-electron chi connectivity index (χ4n) is 3.13. The number of benzene rings is 3. The van der Waals surface area contributed by atoms with Gasteiger partial charge in [0.2, 0.25) is 5.91 Å². The summed E-state index contributed by atoms with van der Waals surface area (Å²) in [7, 11) is -1.39. The Balaban J connectivity index is 2.06. The van der Waals surface area contributed by atoms with Crippen LogP contribution in [-0.2, 0) is 14.8 Å². The number of hydrogen-bond acceptors (Lipinski definition) is 5. The number of anilines is 2. The van der Waals surface area contributed by atoms with Crippen molar-refractivity contribution in [3.63, 3.8) is 0 Å².